The molecule has 0 aliphatic rings. The minimum atomic E-state index is -0.246. The summed E-state index contributed by atoms with van der Waals surface area (Å²) in [4.78, 5) is 77.5. The third kappa shape index (κ3) is 17.2. The molecule has 0 saturated heterocycles. The summed E-state index contributed by atoms with van der Waals surface area (Å²) in [6.45, 7) is 1.02. The van der Waals surface area contributed by atoms with Crippen LogP contribution in [0.2, 0.25) is 0 Å². The number of rotatable bonds is 32. The molecule has 8 aromatic rings. The zero-order valence-electron chi connectivity index (χ0n) is 46.2. The Balaban J connectivity index is 1.07. The van der Waals surface area contributed by atoms with Gasteiger partial charge in [0.25, 0.3) is 11.8 Å². The van der Waals surface area contributed by atoms with Crippen molar-refractivity contribution in [2.24, 2.45) is 0 Å². The molecular formula is C72H72N2O7. The molecule has 0 aliphatic carbocycles. The minimum Gasteiger partial charge on any atom is -0.372 e. The van der Waals surface area contributed by atoms with Crippen LogP contribution < -0.4 is 10.6 Å². The van der Waals surface area contributed by atoms with Crippen LogP contribution in [-0.2, 0) is 30.8 Å². The fraction of sp³-hybridized carbons (Fsp3) is 0.250. The maximum atomic E-state index is 14.2. The van der Waals surface area contributed by atoms with Crippen LogP contribution in [-0.4, -0.2) is 50.0 Å². The lowest BCUT2D eigenvalue weighted by Crippen LogP contribution is -2.24. The topological polar surface area (TPSA) is 136 Å². The molecular weight excluding hydrogens is 1000 g/mol. The summed E-state index contributed by atoms with van der Waals surface area (Å²) in [6.07, 6.45) is 18.1. The number of nitrogens with one attached hydrogen (secondary N) is 2. The van der Waals surface area contributed by atoms with E-state index in [1.54, 1.807) is 72.8 Å². The average molecular weight is 1080 g/mol. The van der Waals surface area contributed by atoms with E-state index >= 15 is 0 Å². The summed E-state index contributed by atoms with van der Waals surface area (Å²) in [5.41, 5.74) is 12.2. The van der Waals surface area contributed by atoms with Gasteiger partial charge in [0.2, 0.25) is 0 Å². The van der Waals surface area contributed by atoms with Crippen LogP contribution in [0.4, 0.5) is 0 Å². The van der Waals surface area contributed by atoms with Crippen molar-refractivity contribution in [1.82, 2.24) is 10.6 Å². The number of unbranched alkanes of at least 4 members (excludes halogenated alkanes) is 10. The maximum absolute atomic E-state index is 14.2. The fourth-order valence-electron chi connectivity index (χ4n) is 10.5. The normalized spacial score (nSPS) is 11.0. The zero-order chi connectivity index (χ0) is 56.4. The molecule has 0 heterocycles. The molecule has 0 spiro atoms. The summed E-state index contributed by atoms with van der Waals surface area (Å²) in [5.74, 6) is -0.492. The molecule has 8 aromatic carbocycles. The summed E-state index contributed by atoms with van der Waals surface area (Å²) in [7, 11) is 0. The largest absolute Gasteiger partial charge is 0.372 e. The molecule has 0 unspecified atom stereocenters. The van der Waals surface area contributed by atoms with E-state index in [1.165, 1.54) is 11.1 Å². The highest BCUT2D eigenvalue weighted by atomic mass is 16.5. The van der Waals surface area contributed by atoms with Gasteiger partial charge in [-0.05, 0) is 154 Å². The summed E-state index contributed by atoms with van der Waals surface area (Å²) >= 11 is 0. The first kappa shape index (κ1) is 58.5. The van der Waals surface area contributed by atoms with Crippen molar-refractivity contribution < 1.29 is 33.5 Å². The van der Waals surface area contributed by atoms with E-state index in [2.05, 4.69) is 59.2 Å². The summed E-state index contributed by atoms with van der Waals surface area (Å²) < 4.78 is 6.90. The zero-order valence-corrected chi connectivity index (χ0v) is 46.2. The van der Waals surface area contributed by atoms with E-state index in [1.807, 2.05) is 60.7 Å². The number of carbonyl (C=O) groups excluding carboxylic acids is 6. The number of aryl methyl sites for hydroxylation is 2. The van der Waals surface area contributed by atoms with Gasteiger partial charge in [0.05, 0.1) is 13.2 Å². The molecule has 0 saturated carbocycles. The van der Waals surface area contributed by atoms with Gasteiger partial charge in [0, 0.05) is 46.5 Å². The van der Waals surface area contributed by atoms with E-state index in [9.17, 15) is 28.8 Å². The fourth-order valence-corrected chi connectivity index (χ4v) is 10.5. The Morgan fingerprint density at radius 1 is 0.333 bits per heavy atom. The van der Waals surface area contributed by atoms with E-state index in [0.717, 1.165) is 115 Å². The molecule has 0 aliphatic heterocycles. The first-order valence-corrected chi connectivity index (χ1v) is 28.6. The Kier molecular flexibility index (Phi) is 22.5. The van der Waals surface area contributed by atoms with E-state index in [-0.39, 0.29) is 25.0 Å². The second-order valence-corrected chi connectivity index (χ2v) is 20.8. The molecule has 9 heteroatoms. The van der Waals surface area contributed by atoms with Crippen LogP contribution in [0.1, 0.15) is 161 Å². The molecule has 2 amide bonds. The first-order chi connectivity index (χ1) is 39.8. The smallest absolute Gasteiger partial charge is 0.251 e. The second kappa shape index (κ2) is 31.2. The van der Waals surface area contributed by atoms with Crippen molar-refractivity contribution in [1.29, 1.82) is 0 Å². The summed E-state index contributed by atoms with van der Waals surface area (Å²) in [5, 5.41) is 6.31. The van der Waals surface area contributed by atoms with Crippen LogP contribution in [0.5, 0.6) is 0 Å². The van der Waals surface area contributed by atoms with Crippen molar-refractivity contribution in [3.05, 3.63) is 238 Å². The Labute approximate surface area is 477 Å². The number of ether oxygens (including phenoxy) is 1. The van der Waals surface area contributed by atoms with E-state index in [4.69, 9.17) is 4.74 Å². The van der Waals surface area contributed by atoms with E-state index < -0.39 is 0 Å². The number of amides is 2. The molecule has 0 fully saturated rings. The molecule has 8 rings (SSSR count). The number of hydrogen-bond donors (Lipinski definition) is 2. The van der Waals surface area contributed by atoms with Crippen molar-refractivity contribution in [2.75, 3.05) is 13.1 Å². The quantitative estimate of drug-likeness (QED) is 0.0317. The van der Waals surface area contributed by atoms with Gasteiger partial charge in [-0.25, -0.2) is 0 Å². The van der Waals surface area contributed by atoms with Gasteiger partial charge in [-0.3, -0.25) is 28.8 Å². The molecule has 9 nitrogen and oxygen atoms in total. The van der Waals surface area contributed by atoms with Gasteiger partial charge in [-0.15, -0.1) is 0 Å². The molecule has 0 aromatic heterocycles. The number of carbonyl (C=O) groups is 6. The second-order valence-electron chi connectivity index (χ2n) is 20.8. The monoisotopic (exact) mass is 1080 g/mol. The molecule has 0 bridgehead atoms. The predicted molar refractivity (Wildman–Crippen MR) is 325 cm³/mol. The van der Waals surface area contributed by atoms with Crippen LogP contribution in [0.3, 0.4) is 0 Å². The van der Waals surface area contributed by atoms with Gasteiger partial charge in [-0.2, -0.15) is 0 Å². The lowest BCUT2D eigenvalue weighted by atomic mass is 9.88. The third-order valence-electron chi connectivity index (χ3n) is 14.9. The lowest BCUT2D eigenvalue weighted by molar-refractivity contribution is 0.0945. The molecule has 0 atom stereocenters. The molecule has 0 radical (unpaired) electrons. The van der Waals surface area contributed by atoms with Crippen molar-refractivity contribution in [2.45, 2.75) is 103 Å². The van der Waals surface area contributed by atoms with Crippen LogP contribution >= 0.6 is 0 Å². The van der Waals surface area contributed by atoms with Gasteiger partial charge in [0.1, 0.15) is 25.1 Å². The van der Waals surface area contributed by atoms with Crippen LogP contribution in [0.25, 0.3) is 44.5 Å². The highest BCUT2D eigenvalue weighted by molar-refractivity contribution is 6.00. The summed E-state index contributed by atoms with van der Waals surface area (Å²) in [6, 6.07) is 57.3. The van der Waals surface area contributed by atoms with Crippen molar-refractivity contribution in [3.63, 3.8) is 0 Å². The third-order valence-corrected chi connectivity index (χ3v) is 14.9. The number of aldehydes is 4. The van der Waals surface area contributed by atoms with Gasteiger partial charge in [0.15, 0.2) is 0 Å². The molecule has 2 N–H and O–H groups in total. The standard InChI is InChI=1S/C72H72N2O7/c75-47-55-29-19-33-59(39-55)65-43-63(71(79)73-37-17-7-3-1-5-11-23-53-25-13-9-14-26-53)44-66(60-34-20-30-56(40-60)48-76)69(65)51-81-52-70-67(61-35-21-31-57(41-61)49-77)45-64(46-68(70)62-36-22-32-58(42-62)50-78)72(80)74-38-18-8-4-2-6-12-24-54-27-15-10-16-28-54/h9-10,13-16,19-22,25-36,39-50H,1-8,11-12,17-18,23-24,37-38,51-52H2,(H,73,79)(H,74,80). The molecule has 412 valence electrons. The predicted octanol–water partition coefficient (Wildman–Crippen LogP) is 15.9. The Morgan fingerprint density at radius 2 is 0.630 bits per heavy atom. The first-order valence-electron chi connectivity index (χ1n) is 28.6. The van der Waals surface area contributed by atoms with E-state index in [0.29, 0.717) is 102 Å². The average Bonchev–Trinajstić information content (AvgIpc) is 3.62. The maximum Gasteiger partial charge on any atom is 0.251 e. The van der Waals surface area contributed by atoms with Crippen LogP contribution in [0.15, 0.2) is 182 Å². The number of benzene rings is 8. The molecule has 81 heavy (non-hydrogen) atoms. The van der Waals surface area contributed by atoms with Gasteiger partial charge >= 0.3 is 0 Å². The van der Waals surface area contributed by atoms with Crippen LogP contribution in [0, 0.1) is 0 Å². The number of hydrogen-bond acceptors (Lipinski definition) is 7. The SMILES string of the molecule is O=Cc1cccc(-c2cc(C(=O)NCCCCCCCCc3ccccc3)cc(-c3cccc(C=O)c3)c2COCc2c(-c3cccc(C=O)c3)cc(C(=O)NCCCCCCCCc3ccccc3)cc2-c2cccc(C=O)c2)c1. The highest BCUT2D eigenvalue weighted by Gasteiger charge is 2.22. The Hall–Kier alpha value is -8.66. The van der Waals surface area contributed by atoms with Crippen molar-refractivity contribution in [3.8, 4) is 44.5 Å². The Bertz CT molecular complexity index is 3020. The van der Waals surface area contributed by atoms with Crippen molar-refractivity contribution >= 4 is 37.0 Å². The highest BCUT2D eigenvalue weighted by Crippen LogP contribution is 2.39. The lowest BCUT2D eigenvalue weighted by Gasteiger charge is -2.21. The Morgan fingerprint density at radius 3 is 0.938 bits per heavy atom. The van der Waals surface area contributed by atoms with Gasteiger partial charge < -0.3 is 15.4 Å². The minimum absolute atomic E-state index is 0.00540. The van der Waals surface area contributed by atoms with Gasteiger partial charge in [-0.1, -0.05) is 185 Å².